The SMILES string of the molecule is COC(=O)C[C@@H](NC(=O)C(C)(CO)CO)c1ccc(NC(=O)Cc2ccc(NC(=O)Nc3ccccc3C)c(OC)c2)cc1. The summed E-state index contributed by atoms with van der Waals surface area (Å²) in [6, 6.07) is 17.7. The monoisotopic (exact) mass is 606 g/mol. The van der Waals surface area contributed by atoms with Crippen LogP contribution in [0.1, 0.15) is 36.1 Å². The summed E-state index contributed by atoms with van der Waals surface area (Å²) in [4.78, 5) is 50.0. The molecule has 0 aliphatic carbocycles. The summed E-state index contributed by atoms with van der Waals surface area (Å²) in [5.74, 6) is -1.11. The summed E-state index contributed by atoms with van der Waals surface area (Å²) in [6.07, 6.45) is -0.156. The second-order valence-corrected chi connectivity index (χ2v) is 10.5. The molecule has 3 rings (SSSR count). The summed E-state index contributed by atoms with van der Waals surface area (Å²) < 4.78 is 10.2. The number of ether oxygens (including phenoxy) is 2. The zero-order valence-corrected chi connectivity index (χ0v) is 25.1. The van der Waals surface area contributed by atoms with Crippen molar-refractivity contribution in [1.82, 2.24) is 5.32 Å². The van der Waals surface area contributed by atoms with E-state index < -0.39 is 42.6 Å². The number of para-hydroxylation sites is 1. The number of carbonyl (C=O) groups is 4. The Balaban J connectivity index is 1.64. The van der Waals surface area contributed by atoms with Gasteiger partial charge in [0.1, 0.15) is 5.75 Å². The van der Waals surface area contributed by atoms with Gasteiger partial charge in [-0.15, -0.1) is 0 Å². The molecule has 4 amide bonds. The van der Waals surface area contributed by atoms with Crippen molar-refractivity contribution in [2.45, 2.75) is 32.7 Å². The van der Waals surface area contributed by atoms with Gasteiger partial charge in [-0.05, 0) is 60.9 Å². The number of anilines is 3. The average Bonchev–Trinajstić information content (AvgIpc) is 3.02. The van der Waals surface area contributed by atoms with E-state index in [0.29, 0.717) is 33.9 Å². The van der Waals surface area contributed by atoms with Crippen molar-refractivity contribution in [3.8, 4) is 5.75 Å². The van der Waals surface area contributed by atoms with Crippen molar-refractivity contribution in [2.75, 3.05) is 43.4 Å². The van der Waals surface area contributed by atoms with Crippen LogP contribution in [-0.2, 0) is 25.5 Å². The molecule has 0 aromatic heterocycles. The lowest BCUT2D eigenvalue weighted by molar-refractivity contribution is -0.142. The Bertz CT molecular complexity index is 1470. The fourth-order valence-corrected chi connectivity index (χ4v) is 4.16. The first-order valence-corrected chi connectivity index (χ1v) is 13.8. The van der Waals surface area contributed by atoms with Crippen LogP contribution in [0.3, 0.4) is 0 Å². The summed E-state index contributed by atoms with van der Waals surface area (Å²) in [5, 5.41) is 30.1. The molecule has 0 aliphatic rings. The van der Waals surface area contributed by atoms with Gasteiger partial charge in [0, 0.05) is 11.4 Å². The van der Waals surface area contributed by atoms with E-state index in [1.807, 2.05) is 25.1 Å². The van der Waals surface area contributed by atoms with Crippen molar-refractivity contribution >= 4 is 40.9 Å². The molecule has 0 heterocycles. The zero-order chi connectivity index (χ0) is 32.3. The van der Waals surface area contributed by atoms with Crippen molar-refractivity contribution in [3.05, 3.63) is 83.4 Å². The zero-order valence-electron chi connectivity index (χ0n) is 25.1. The van der Waals surface area contributed by atoms with E-state index in [1.54, 1.807) is 48.5 Å². The third-order valence-corrected chi connectivity index (χ3v) is 7.02. The maximum absolute atomic E-state index is 12.8. The highest BCUT2D eigenvalue weighted by Crippen LogP contribution is 2.27. The molecule has 0 spiro atoms. The molecule has 3 aromatic rings. The second kappa shape index (κ2) is 15.5. The number of rotatable bonds is 13. The lowest BCUT2D eigenvalue weighted by Gasteiger charge is -2.27. The van der Waals surface area contributed by atoms with Crippen molar-refractivity contribution in [1.29, 1.82) is 0 Å². The highest BCUT2D eigenvalue weighted by atomic mass is 16.5. The molecule has 6 N–H and O–H groups in total. The molecule has 0 saturated heterocycles. The molecule has 12 nitrogen and oxygen atoms in total. The molecular weight excluding hydrogens is 568 g/mol. The van der Waals surface area contributed by atoms with Gasteiger partial charge in [-0.25, -0.2) is 4.79 Å². The average molecular weight is 607 g/mol. The van der Waals surface area contributed by atoms with Gasteiger partial charge in [0.05, 0.1) is 57.4 Å². The number of hydrogen-bond donors (Lipinski definition) is 6. The molecule has 44 heavy (non-hydrogen) atoms. The first-order valence-electron chi connectivity index (χ1n) is 13.8. The molecule has 1 atom stereocenters. The van der Waals surface area contributed by atoms with Crippen LogP contribution in [0, 0.1) is 12.3 Å². The van der Waals surface area contributed by atoms with Crippen molar-refractivity contribution in [3.63, 3.8) is 0 Å². The van der Waals surface area contributed by atoms with Crippen LogP contribution < -0.4 is 26.0 Å². The number of benzene rings is 3. The smallest absolute Gasteiger partial charge is 0.323 e. The molecule has 234 valence electrons. The van der Waals surface area contributed by atoms with E-state index in [2.05, 4.69) is 21.3 Å². The van der Waals surface area contributed by atoms with Gasteiger partial charge >= 0.3 is 12.0 Å². The number of methoxy groups -OCH3 is 2. The molecule has 0 saturated carbocycles. The molecule has 0 unspecified atom stereocenters. The van der Waals surface area contributed by atoms with Crippen LogP contribution in [0.25, 0.3) is 0 Å². The Hall–Kier alpha value is -4.94. The van der Waals surface area contributed by atoms with Crippen LogP contribution in [0.5, 0.6) is 5.75 Å². The quantitative estimate of drug-likeness (QED) is 0.160. The second-order valence-electron chi connectivity index (χ2n) is 10.5. The summed E-state index contributed by atoms with van der Waals surface area (Å²) in [5.41, 5.74) is 2.28. The van der Waals surface area contributed by atoms with Crippen molar-refractivity contribution in [2.24, 2.45) is 5.41 Å². The highest BCUT2D eigenvalue weighted by molar-refractivity contribution is 6.01. The molecule has 0 aliphatic heterocycles. The van der Waals surface area contributed by atoms with E-state index in [0.717, 1.165) is 5.56 Å². The molecular formula is C32H38N4O8. The van der Waals surface area contributed by atoms with Gasteiger partial charge in [0.25, 0.3) is 0 Å². The molecule has 12 heteroatoms. The fourth-order valence-electron chi connectivity index (χ4n) is 4.16. The molecule has 0 radical (unpaired) electrons. The Labute approximate surface area is 255 Å². The van der Waals surface area contributed by atoms with E-state index in [9.17, 15) is 29.4 Å². The predicted octanol–water partition coefficient (Wildman–Crippen LogP) is 3.54. The molecule has 0 bridgehead atoms. The number of amides is 4. The van der Waals surface area contributed by atoms with Crippen LogP contribution in [0.2, 0.25) is 0 Å². The van der Waals surface area contributed by atoms with Crippen LogP contribution in [0.4, 0.5) is 21.9 Å². The largest absolute Gasteiger partial charge is 0.495 e. The summed E-state index contributed by atoms with van der Waals surface area (Å²) in [6.45, 7) is 2.12. The number of hydrogen-bond acceptors (Lipinski definition) is 8. The highest BCUT2D eigenvalue weighted by Gasteiger charge is 2.34. The predicted molar refractivity (Wildman–Crippen MR) is 165 cm³/mol. The number of aliphatic hydroxyl groups is 2. The Morgan fingerprint density at radius 2 is 1.52 bits per heavy atom. The number of aliphatic hydroxyl groups excluding tert-OH is 2. The molecule has 3 aromatic carbocycles. The van der Waals surface area contributed by atoms with E-state index in [-0.39, 0.29) is 18.7 Å². The van der Waals surface area contributed by atoms with Crippen LogP contribution >= 0.6 is 0 Å². The van der Waals surface area contributed by atoms with E-state index in [1.165, 1.54) is 21.1 Å². The number of urea groups is 1. The number of carbonyl (C=O) groups excluding carboxylic acids is 4. The van der Waals surface area contributed by atoms with Gasteiger partial charge < -0.3 is 41.0 Å². The minimum Gasteiger partial charge on any atom is -0.495 e. The van der Waals surface area contributed by atoms with Crippen LogP contribution in [-0.4, -0.2) is 61.5 Å². The topological polar surface area (TPSA) is 175 Å². The first-order chi connectivity index (χ1) is 21.0. The van der Waals surface area contributed by atoms with Gasteiger partial charge in [-0.2, -0.15) is 0 Å². The van der Waals surface area contributed by atoms with Gasteiger partial charge in [0.2, 0.25) is 11.8 Å². The fraction of sp³-hybridized carbons (Fsp3) is 0.312. The Morgan fingerprint density at radius 1 is 0.864 bits per heavy atom. The maximum Gasteiger partial charge on any atom is 0.323 e. The minimum absolute atomic E-state index is 0.0235. The number of esters is 1. The Kier molecular flexibility index (Phi) is 11.8. The standard InChI is InChI=1S/C32H38N4O8/c1-20-7-5-6-8-24(20)35-31(42)36-25-14-9-21(15-27(25)43-3)16-28(39)33-23-12-10-22(11-13-23)26(17-29(40)44-4)34-30(41)32(2,18-37)19-38/h5-15,26,37-38H,16-19H2,1-4H3,(H,33,39)(H,34,41)(H2,35,36,42)/t26-/m1/s1. The van der Waals surface area contributed by atoms with Gasteiger partial charge in [-0.1, -0.05) is 36.4 Å². The summed E-state index contributed by atoms with van der Waals surface area (Å²) >= 11 is 0. The van der Waals surface area contributed by atoms with E-state index >= 15 is 0 Å². The number of aryl methyl sites for hydroxylation is 1. The third kappa shape index (κ3) is 9.03. The third-order valence-electron chi connectivity index (χ3n) is 7.02. The number of nitrogens with one attached hydrogen (secondary N) is 4. The normalized spacial score (nSPS) is 11.6. The Morgan fingerprint density at radius 3 is 2.14 bits per heavy atom. The van der Waals surface area contributed by atoms with Crippen LogP contribution in [0.15, 0.2) is 66.7 Å². The van der Waals surface area contributed by atoms with E-state index in [4.69, 9.17) is 9.47 Å². The van der Waals surface area contributed by atoms with Crippen molar-refractivity contribution < 1.29 is 38.9 Å². The van der Waals surface area contributed by atoms with Gasteiger partial charge in [-0.3, -0.25) is 14.4 Å². The van der Waals surface area contributed by atoms with Gasteiger partial charge in [0.15, 0.2) is 0 Å². The lowest BCUT2D eigenvalue weighted by Crippen LogP contribution is -2.45. The maximum atomic E-state index is 12.8. The first kappa shape index (κ1) is 33.6. The molecule has 0 fully saturated rings. The summed E-state index contributed by atoms with van der Waals surface area (Å²) in [7, 11) is 2.70. The minimum atomic E-state index is -1.44. The lowest BCUT2D eigenvalue weighted by atomic mass is 9.90.